The Morgan fingerprint density at radius 3 is 2.62 bits per heavy atom. The van der Waals surface area contributed by atoms with Crippen molar-refractivity contribution >= 4 is 5.91 Å². The van der Waals surface area contributed by atoms with Crippen LogP contribution in [0.25, 0.3) is 0 Å². The summed E-state index contributed by atoms with van der Waals surface area (Å²) in [6.07, 6.45) is 1.70. The van der Waals surface area contributed by atoms with E-state index in [-0.39, 0.29) is 5.91 Å². The van der Waals surface area contributed by atoms with Crippen molar-refractivity contribution in [2.75, 3.05) is 6.61 Å². The molecule has 0 unspecified atom stereocenters. The van der Waals surface area contributed by atoms with Crippen molar-refractivity contribution < 1.29 is 9.53 Å². The normalized spacial score (nSPS) is 9.95. The number of ether oxygens (including phenoxy) is 1. The third-order valence-electron chi connectivity index (χ3n) is 2.76. The summed E-state index contributed by atoms with van der Waals surface area (Å²) in [5, 5.41) is 2.83. The highest BCUT2D eigenvalue weighted by Gasteiger charge is 2.05. The van der Waals surface area contributed by atoms with E-state index in [0.717, 1.165) is 17.0 Å². The molecule has 1 amide bonds. The lowest BCUT2D eigenvalue weighted by molar-refractivity contribution is 0.0950. The Morgan fingerprint density at radius 1 is 1.24 bits per heavy atom. The van der Waals surface area contributed by atoms with Crippen LogP contribution in [-0.4, -0.2) is 17.5 Å². The molecule has 1 N–H and O–H groups in total. The number of nitrogens with one attached hydrogen (secondary N) is 1. The largest absolute Gasteiger partial charge is 0.489 e. The van der Waals surface area contributed by atoms with Crippen LogP contribution in [-0.2, 0) is 6.54 Å². The van der Waals surface area contributed by atoms with Gasteiger partial charge in [-0.1, -0.05) is 12.6 Å². The van der Waals surface area contributed by atoms with E-state index >= 15 is 0 Å². The first-order chi connectivity index (χ1) is 10.1. The molecule has 2 aromatic rings. The first-order valence-electron chi connectivity index (χ1n) is 6.70. The molecule has 2 rings (SSSR count). The third kappa shape index (κ3) is 4.76. The minimum Gasteiger partial charge on any atom is -0.489 e. The second-order valence-corrected chi connectivity index (χ2v) is 4.77. The summed E-state index contributed by atoms with van der Waals surface area (Å²) in [7, 11) is 0. The molecular weight excluding hydrogens is 264 g/mol. The summed E-state index contributed by atoms with van der Waals surface area (Å²) in [6, 6.07) is 12.6. The maximum atomic E-state index is 12.0. The molecule has 0 spiro atoms. The van der Waals surface area contributed by atoms with E-state index in [1.165, 1.54) is 0 Å². The number of carbonyl (C=O) groups excluding carboxylic acids is 1. The van der Waals surface area contributed by atoms with Crippen molar-refractivity contribution in [2.45, 2.75) is 13.5 Å². The summed E-state index contributed by atoms with van der Waals surface area (Å²) < 4.78 is 5.49. The lowest BCUT2D eigenvalue weighted by atomic mass is 10.2. The zero-order chi connectivity index (χ0) is 15.1. The second kappa shape index (κ2) is 7.24. The van der Waals surface area contributed by atoms with Gasteiger partial charge in [-0.05, 0) is 48.9 Å². The summed E-state index contributed by atoms with van der Waals surface area (Å²) in [5.41, 5.74) is 2.37. The summed E-state index contributed by atoms with van der Waals surface area (Å²) in [4.78, 5) is 16.2. The van der Waals surface area contributed by atoms with Gasteiger partial charge >= 0.3 is 0 Å². The molecule has 0 aliphatic heterocycles. The molecule has 21 heavy (non-hydrogen) atoms. The third-order valence-corrected chi connectivity index (χ3v) is 2.76. The fourth-order valence-electron chi connectivity index (χ4n) is 1.68. The number of carbonyl (C=O) groups is 1. The van der Waals surface area contributed by atoms with Gasteiger partial charge in [0.2, 0.25) is 0 Å². The van der Waals surface area contributed by atoms with E-state index in [1.54, 1.807) is 30.5 Å². The lowest BCUT2D eigenvalue weighted by Crippen LogP contribution is -2.23. The van der Waals surface area contributed by atoms with E-state index in [1.807, 2.05) is 25.1 Å². The minimum atomic E-state index is -0.132. The van der Waals surface area contributed by atoms with Gasteiger partial charge in [-0.3, -0.25) is 9.78 Å². The van der Waals surface area contributed by atoms with Gasteiger partial charge in [-0.25, -0.2) is 0 Å². The molecule has 108 valence electrons. The molecule has 0 atom stereocenters. The molecule has 0 saturated carbocycles. The van der Waals surface area contributed by atoms with Gasteiger partial charge in [0.15, 0.2) is 0 Å². The Morgan fingerprint density at radius 2 is 2.00 bits per heavy atom. The number of aromatic nitrogens is 1. The van der Waals surface area contributed by atoms with Crippen LogP contribution in [0.2, 0.25) is 0 Å². The molecule has 1 aromatic carbocycles. The Hall–Kier alpha value is -2.62. The fourth-order valence-corrected chi connectivity index (χ4v) is 1.68. The van der Waals surface area contributed by atoms with Gasteiger partial charge in [0.05, 0.1) is 12.2 Å². The number of benzene rings is 1. The van der Waals surface area contributed by atoms with Crippen molar-refractivity contribution in [1.82, 2.24) is 10.3 Å². The Kier molecular flexibility index (Phi) is 5.10. The Bertz CT molecular complexity index is 606. The van der Waals surface area contributed by atoms with Crippen molar-refractivity contribution in [2.24, 2.45) is 0 Å². The monoisotopic (exact) mass is 282 g/mol. The molecule has 0 aliphatic rings. The van der Waals surface area contributed by atoms with Gasteiger partial charge in [-0.2, -0.15) is 0 Å². The molecule has 0 saturated heterocycles. The van der Waals surface area contributed by atoms with Crippen molar-refractivity contribution in [3.8, 4) is 5.75 Å². The number of amides is 1. The maximum Gasteiger partial charge on any atom is 0.251 e. The zero-order valence-electron chi connectivity index (χ0n) is 12.0. The van der Waals surface area contributed by atoms with Crippen LogP contribution in [0.3, 0.4) is 0 Å². The van der Waals surface area contributed by atoms with E-state index in [2.05, 4.69) is 16.9 Å². The van der Waals surface area contributed by atoms with Crippen LogP contribution >= 0.6 is 0 Å². The lowest BCUT2D eigenvalue weighted by Gasteiger charge is -2.07. The van der Waals surface area contributed by atoms with Crippen molar-refractivity contribution in [3.05, 3.63) is 72.1 Å². The highest BCUT2D eigenvalue weighted by molar-refractivity contribution is 5.94. The summed E-state index contributed by atoms with van der Waals surface area (Å²) in [6.45, 7) is 6.56. The average molecular weight is 282 g/mol. The van der Waals surface area contributed by atoms with Crippen LogP contribution in [0.15, 0.2) is 60.8 Å². The predicted octanol–water partition coefficient (Wildman–Crippen LogP) is 2.97. The molecule has 0 aliphatic carbocycles. The molecule has 0 fully saturated rings. The first-order valence-corrected chi connectivity index (χ1v) is 6.70. The molecule has 1 heterocycles. The van der Waals surface area contributed by atoms with Crippen molar-refractivity contribution in [3.63, 3.8) is 0 Å². The Balaban J connectivity index is 1.89. The first kappa shape index (κ1) is 14.8. The maximum absolute atomic E-state index is 12.0. The number of nitrogens with zero attached hydrogens (tertiary/aromatic N) is 1. The molecule has 1 aromatic heterocycles. The molecular formula is C17H18N2O2. The zero-order valence-corrected chi connectivity index (χ0v) is 12.0. The van der Waals surface area contributed by atoms with E-state index in [9.17, 15) is 4.79 Å². The summed E-state index contributed by atoms with van der Waals surface area (Å²) >= 11 is 0. The van der Waals surface area contributed by atoms with Crippen LogP contribution in [0.4, 0.5) is 0 Å². The number of hydrogen-bond acceptors (Lipinski definition) is 3. The SMILES string of the molecule is C=C(C)COc1ccc(C(=O)NCc2ccccn2)cc1. The second-order valence-electron chi connectivity index (χ2n) is 4.77. The topological polar surface area (TPSA) is 51.2 Å². The van der Waals surface area contributed by atoms with E-state index in [0.29, 0.717) is 18.7 Å². The molecule has 4 nitrogen and oxygen atoms in total. The van der Waals surface area contributed by atoms with E-state index < -0.39 is 0 Å². The van der Waals surface area contributed by atoms with Gasteiger partial charge in [0, 0.05) is 11.8 Å². The quantitative estimate of drug-likeness (QED) is 0.829. The highest BCUT2D eigenvalue weighted by Crippen LogP contribution is 2.13. The van der Waals surface area contributed by atoms with Crippen LogP contribution in [0, 0.1) is 0 Å². The van der Waals surface area contributed by atoms with E-state index in [4.69, 9.17) is 4.74 Å². The van der Waals surface area contributed by atoms with Gasteiger partial charge < -0.3 is 10.1 Å². The number of pyridine rings is 1. The fraction of sp³-hybridized carbons (Fsp3) is 0.176. The minimum absolute atomic E-state index is 0.132. The standard InChI is InChI=1S/C17H18N2O2/c1-13(2)12-21-16-8-6-14(7-9-16)17(20)19-11-15-5-3-4-10-18-15/h3-10H,1,11-12H2,2H3,(H,19,20). The molecule has 4 heteroatoms. The highest BCUT2D eigenvalue weighted by atomic mass is 16.5. The number of hydrogen-bond donors (Lipinski definition) is 1. The van der Waals surface area contributed by atoms with Crippen LogP contribution in [0.5, 0.6) is 5.75 Å². The van der Waals surface area contributed by atoms with Gasteiger partial charge in [0.1, 0.15) is 12.4 Å². The predicted molar refractivity (Wildman–Crippen MR) is 82.2 cm³/mol. The summed E-state index contributed by atoms with van der Waals surface area (Å²) in [5.74, 6) is 0.589. The molecule has 0 bridgehead atoms. The van der Waals surface area contributed by atoms with Crippen LogP contribution in [0.1, 0.15) is 23.0 Å². The Labute approximate surface area is 124 Å². The average Bonchev–Trinajstić information content (AvgIpc) is 2.52. The van der Waals surface area contributed by atoms with Crippen LogP contribution < -0.4 is 10.1 Å². The van der Waals surface area contributed by atoms with Gasteiger partial charge in [-0.15, -0.1) is 0 Å². The van der Waals surface area contributed by atoms with Crippen molar-refractivity contribution in [1.29, 1.82) is 0 Å². The smallest absolute Gasteiger partial charge is 0.251 e. The molecule has 0 radical (unpaired) electrons. The number of rotatable bonds is 6. The van der Waals surface area contributed by atoms with Gasteiger partial charge in [0.25, 0.3) is 5.91 Å².